The fourth-order valence-corrected chi connectivity index (χ4v) is 3.58. The Bertz CT molecular complexity index is 844. The molecule has 1 aliphatic rings. The lowest BCUT2D eigenvalue weighted by Crippen LogP contribution is -2.29. The van der Waals surface area contributed by atoms with Crippen molar-refractivity contribution in [2.75, 3.05) is 4.90 Å². The number of aromatic nitrogens is 2. The number of para-hydroxylation sites is 1. The third-order valence-electron chi connectivity index (χ3n) is 4.31. The van der Waals surface area contributed by atoms with Crippen LogP contribution in [0.25, 0.3) is 0 Å². The number of aromatic amines is 1. The van der Waals surface area contributed by atoms with Gasteiger partial charge in [-0.25, -0.2) is 0 Å². The first-order chi connectivity index (χ1) is 11.7. The number of aryl methyl sites for hydroxylation is 1. The van der Waals surface area contributed by atoms with E-state index in [1.165, 1.54) is 0 Å². The molecule has 1 aliphatic heterocycles. The fraction of sp³-hybridized carbons (Fsp3) is 0.158. The molecule has 0 aliphatic carbocycles. The van der Waals surface area contributed by atoms with Gasteiger partial charge in [-0.1, -0.05) is 24.3 Å². The summed E-state index contributed by atoms with van der Waals surface area (Å²) < 4.78 is 0. The summed E-state index contributed by atoms with van der Waals surface area (Å²) in [7, 11) is 0. The Hall–Kier alpha value is -2.66. The van der Waals surface area contributed by atoms with Crippen LogP contribution in [0.1, 0.15) is 29.2 Å². The van der Waals surface area contributed by atoms with Gasteiger partial charge in [-0.15, -0.1) is 0 Å². The number of pyridine rings is 1. The number of benzene rings is 1. The van der Waals surface area contributed by atoms with E-state index in [9.17, 15) is 0 Å². The Balaban J connectivity index is 1.82. The van der Waals surface area contributed by atoms with E-state index in [4.69, 9.17) is 12.2 Å². The maximum Gasteiger partial charge on any atom is 0.174 e. The van der Waals surface area contributed by atoms with Crippen molar-refractivity contribution in [2.24, 2.45) is 0 Å². The summed E-state index contributed by atoms with van der Waals surface area (Å²) in [5.74, 6) is 0. The van der Waals surface area contributed by atoms with Crippen molar-refractivity contribution < 1.29 is 0 Å². The Morgan fingerprint density at radius 1 is 1.00 bits per heavy atom. The van der Waals surface area contributed by atoms with Gasteiger partial charge in [0.05, 0.1) is 11.7 Å². The molecule has 0 spiro atoms. The van der Waals surface area contributed by atoms with E-state index in [-0.39, 0.29) is 12.1 Å². The van der Waals surface area contributed by atoms with Crippen LogP contribution < -0.4 is 10.2 Å². The first-order valence-electron chi connectivity index (χ1n) is 7.95. The SMILES string of the molecule is Cc1ccc([C@@H]2[C@H](c3ccccn3)NC(=S)N2c2ccccc2)[nH]1. The van der Waals surface area contributed by atoms with Crippen LogP contribution in [0.15, 0.2) is 66.9 Å². The lowest BCUT2D eigenvalue weighted by Gasteiger charge is -2.27. The molecule has 2 N–H and O–H groups in total. The van der Waals surface area contributed by atoms with Gasteiger partial charge in [-0.2, -0.15) is 0 Å². The zero-order chi connectivity index (χ0) is 16.5. The molecule has 0 amide bonds. The minimum absolute atomic E-state index is 0.00282. The Morgan fingerprint density at radius 3 is 2.46 bits per heavy atom. The minimum Gasteiger partial charge on any atom is -0.361 e. The summed E-state index contributed by atoms with van der Waals surface area (Å²) in [6.07, 6.45) is 1.82. The maximum absolute atomic E-state index is 5.66. The highest BCUT2D eigenvalue weighted by atomic mass is 32.1. The smallest absolute Gasteiger partial charge is 0.174 e. The second-order valence-electron chi connectivity index (χ2n) is 5.93. The van der Waals surface area contributed by atoms with Crippen molar-refractivity contribution >= 4 is 23.0 Å². The lowest BCUT2D eigenvalue weighted by atomic mass is 10.0. The normalized spacial score (nSPS) is 20.2. The Kier molecular flexibility index (Phi) is 3.78. The summed E-state index contributed by atoms with van der Waals surface area (Å²) >= 11 is 5.66. The number of thiocarbonyl (C=S) groups is 1. The largest absolute Gasteiger partial charge is 0.361 e. The van der Waals surface area contributed by atoms with Gasteiger partial charge < -0.3 is 15.2 Å². The average molecular weight is 334 g/mol. The molecule has 1 saturated heterocycles. The molecule has 5 heteroatoms. The van der Waals surface area contributed by atoms with Gasteiger partial charge in [0, 0.05) is 23.3 Å². The molecule has 1 fully saturated rings. The topological polar surface area (TPSA) is 44.0 Å². The van der Waals surface area contributed by atoms with Gasteiger partial charge in [0.1, 0.15) is 6.04 Å². The van der Waals surface area contributed by atoms with Crippen molar-refractivity contribution in [3.05, 3.63) is 83.9 Å². The predicted octanol–water partition coefficient (Wildman–Crippen LogP) is 3.90. The second-order valence-corrected chi connectivity index (χ2v) is 6.32. The summed E-state index contributed by atoms with van der Waals surface area (Å²) in [6, 6.07) is 20.5. The molecule has 3 aromatic rings. The van der Waals surface area contributed by atoms with E-state index in [2.05, 4.69) is 51.4 Å². The van der Waals surface area contributed by atoms with Crippen LogP contribution in [-0.2, 0) is 0 Å². The number of H-pyrrole nitrogens is 1. The van der Waals surface area contributed by atoms with Gasteiger partial charge in [0.15, 0.2) is 5.11 Å². The van der Waals surface area contributed by atoms with E-state index < -0.39 is 0 Å². The van der Waals surface area contributed by atoms with Crippen molar-refractivity contribution in [3.8, 4) is 0 Å². The van der Waals surface area contributed by atoms with E-state index in [0.29, 0.717) is 5.11 Å². The highest BCUT2D eigenvalue weighted by Gasteiger charge is 2.41. The zero-order valence-corrected chi connectivity index (χ0v) is 14.1. The standard InChI is InChI=1S/C19H18N4S/c1-13-10-11-16(21-13)18-17(15-9-5-6-12-20-15)22-19(24)23(18)14-7-3-2-4-8-14/h2-12,17-18,21H,1H3,(H,22,24)/t17-,18+/m0/s1. The quantitative estimate of drug-likeness (QED) is 0.713. The number of hydrogen-bond acceptors (Lipinski definition) is 2. The van der Waals surface area contributed by atoms with Gasteiger partial charge in [0.2, 0.25) is 0 Å². The van der Waals surface area contributed by atoms with E-state index >= 15 is 0 Å². The fourth-order valence-electron chi connectivity index (χ4n) is 3.24. The molecule has 2 atom stereocenters. The van der Waals surface area contributed by atoms with Crippen LogP contribution in [0.5, 0.6) is 0 Å². The van der Waals surface area contributed by atoms with Crippen molar-refractivity contribution in [1.82, 2.24) is 15.3 Å². The van der Waals surface area contributed by atoms with Crippen LogP contribution in [0.4, 0.5) is 5.69 Å². The molecule has 0 unspecified atom stereocenters. The average Bonchev–Trinajstić information content (AvgIpc) is 3.19. The maximum atomic E-state index is 5.66. The minimum atomic E-state index is -0.00282. The van der Waals surface area contributed by atoms with Gasteiger partial charge >= 0.3 is 0 Å². The number of nitrogens with one attached hydrogen (secondary N) is 2. The third-order valence-corrected chi connectivity index (χ3v) is 4.62. The molecule has 120 valence electrons. The van der Waals surface area contributed by atoms with Crippen LogP contribution >= 0.6 is 12.2 Å². The van der Waals surface area contributed by atoms with Crippen molar-refractivity contribution in [1.29, 1.82) is 0 Å². The van der Waals surface area contributed by atoms with Crippen LogP contribution in [0.2, 0.25) is 0 Å². The highest BCUT2D eigenvalue weighted by Crippen LogP contribution is 2.40. The molecule has 0 bridgehead atoms. The lowest BCUT2D eigenvalue weighted by molar-refractivity contribution is 0.558. The molecule has 4 rings (SSSR count). The van der Waals surface area contributed by atoms with Gasteiger partial charge in [-0.05, 0) is 55.5 Å². The molecule has 24 heavy (non-hydrogen) atoms. The summed E-state index contributed by atoms with van der Waals surface area (Å²) in [5, 5.41) is 4.17. The number of hydrogen-bond donors (Lipinski definition) is 2. The van der Waals surface area contributed by atoms with E-state index in [0.717, 1.165) is 22.8 Å². The highest BCUT2D eigenvalue weighted by molar-refractivity contribution is 7.80. The van der Waals surface area contributed by atoms with E-state index in [1.807, 2.05) is 42.6 Å². The Labute approximate surface area is 146 Å². The summed E-state index contributed by atoms with van der Waals surface area (Å²) in [4.78, 5) is 10.2. The molecular weight excluding hydrogens is 316 g/mol. The Morgan fingerprint density at radius 2 is 1.79 bits per heavy atom. The van der Waals surface area contributed by atoms with Gasteiger partial charge in [0.25, 0.3) is 0 Å². The number of nitrogens with zero attached hydrogens (tertiary/aromatic N) is 2. The van der Waals surface area contributed by atoms with E-state index in [1.54, 1.807) is 0 Å². The second kappa shape index (κ2) is 6.09. The monoisotopic (exact) mass is 334 g/mol. The molecular formula is C19H18N4S. The number of anilines is 1. The van der Waals surface area contributed by atoms with Crippen molar-refractivity contribution in [3.63, 3.8) is 0 Å². The van der Waals surface area contributed by atoms with Crippen molar-refractivity contribution in [2.45, 2.75) is 19.0 Å². The zero-order valence-electron chi connectivity index (χ0n) is 13.3. The molecule has 0 radical (unpaired) electrons. The van der Waals surface area contributed by atoms with Gasteiger partial charge in [-0.3, -0.25) is 4.98 Å². The van der Waals surface area contributed by atoms with Crippen LogP contribution in [0, 0.1) is 6.92 Å². The molecule has 0 saturated carbocycles. The number of rotatable bonds is 3. The summed E-state index contributed by atoms with van der Waals surface area (Å²) in [5.41, 5.74) is 4.32. The summed E-state index contributed by atoms with van der Waals surface area (Å²) in [6.45, 7) is 2.06. The first-order valence-corrected chi connectivity index (χ1v) is 8.36. The molecule has 1 aromatic carbocycles. The molecule has 4 nitrogen and oxygen atoms in total. The predicted molar refractivity (Wildman–Crippen MR) is 99.9 cm³/mol. The van der Waals surface area contributed by atoms with Crippen LogP contribution in [0.3, 0.4) is 0 Å². The molecule has 2 aromatic heterocycles. The third kappa shape index (κ3) is 2.57. The first kappa shape index (κ1) is 14.9. The van der Waals surface area contributed by atoms with Crippen LogP contribution in [-0.4, -0.2) is 15.1 Å². The molecule has 3 heterocycles.